The van der Waals surface area contributed by atoms with Gasteiger partial charge in [0.2, 0.25) is 5.89 Å². The van der Waals surface area contributed by atoms with E-state index in [0.29, 0.717) is 18.3 Å². The first-order valence-corrected chi connectivity index (χ1v) is 8.18. The van der Waals surface area contributed by atoms with Crippen LogP contribution in [0.4, 0.5) is 0 Å². The number of hydrogen-bond acceptors (Lipinski definition) is 6. The van der Waals surface area contributed by atoms with Gasteiger partial charge in [-0.25, -0.2) is 0 Å². The van der Waals surface area contributed by atoms with Crippen LogP contribution in [-0.2, 0) is 11.2 Å². The first-order chi connectivity index (χ1) is 9.29. The summed E-state index contributed by atoms with van der Waals surface area (Å²) < 4.78 is 10.7. The molecule has 1 aliphatic rings. The van der Waals surface area contributed by atoms with Gasteiger partial charge in [0.05, 0.1) is 12.6 Å². The minimum Gasteiger partial charge on any atom is -0.379 e. The van der Waals surface area contributed by atoms with Crippen molar-refractivity contribution >= 4 is 11.8 Å². The van der Waals surface area contributed by atoms with Gasteiger partial charge in [0.1, 0.15) is 0 Å². The highest BCUT2D eigenvalue weighted by atomic mass is 32.2. The zero-order chi connectivity index (χ0) is 13.5. The molecule has 1 aromatic rings. The van der Waals surface area contributed by atoms with Crippen LogP contribution in [0, 0.1) is 5.92 Å². The van der Waals surface area contributed by atoms with E-state index < -0.39 is 0 Å². The third kappa shape index (κ3) is 4.78. The molecule has 2 heterocycles. The number of ether oxygens (including phenoxy) is 1. The minimum atomic E-state index is -0.286. The molecule has 6 heteroatoms. The third-order valence-electron chi connectivity index (χ3n) is 3.27. The summed E-state index contributed by atoms with van der Waals surface area (Å²) in [5.74, 6) is 4.46. The fourth-order valence-corrected chi connectivity index (χ4v) is 3.33. The summed E-state index contributed by atoms with van der Waals surface area (Å²) in [6.45, 7) is 3.24. The molecular formula is C13H23N3O2S. The predicted octanol–water partition coefficient (Wildman–Crippen LogP) is 2.18. The molecule has 0 radical (unpaired) electrons. The maximum absolute atomic E-state index is 5.97. The van der Waals surface area contributed by atoms with E-state index in [1.165, 1.54) is 24.3 Å². The van der Waals surface area contributed by atoms with Crippen molar-refractivity contribution in [3.8, 4) is 0 Å². The summed E-state index contributed by atoms with van der Waals surface area (Å²) >= 11 is 2.03. The molecule has 1 saturated heterocycles. The summed E-state index contributed by atoms with van der Waals surface area (Å²) in [6, 6.07) is -0.286. The van der Waals surface area contributed by atoms with E-state index >= 15 is 0 Å². The largest absolute Gasteiger partial charge is 0.379 e. The number of nitrogens with zero attached hydrogens (tertiary/aromatic N) is 2. The van der Waals surface area contributed by atoms with E-state index in [9.17, 15) is 0 Å². The van der Waals surface area contributed by atoms with Crippen LogP contribution in [0.3, 0.4) is 0 Å². The summed E-state index contributed by atoms with van der Waals surface area (Å²) in [4.78, 5) is 4.39. The predicted molar refractivity (Wildman–Crippen MR) is 76.1 cm³/mol. The maximum atomic E-state index is 5.97. The first kappa shape index (κ1) is 14.8. The van der Waals surface area contributed by atoms with Crippen molar-refractivity contribution in [2.45, 2.75) is 38.6 Å². The Morgan fingerprint density at radius 2 is 2.26 bits per heavy atom. The Morgan fingerprint density at radius 1 is 1.47 bits per heavy atom. The SMILES string of the molecule is CCCOCC(N)c1noc(CC2CCSCC2)n1. The summed E-state index contributed by atoms with van der Waals surface area (Å²) in [5.41, 5.74) is 5.97. The summed E-state index contributed by atoms with van der Waals surface area (Å²) in [5, 5.41) is 3.96. The molecule has 1 fully saturated rings. The molecule has 0 saturated carbocycles. The number of nitrogens with two attached hydrogens (primary N) is 1. The Labute approximate surface area is 118 Å². The van der Waals surface area contributed by atoms with Gasteiger partial charge in [-0.1, -0.05) is 12.1 Å². The van der Waals surface area contributed by atoms with Gasteiger partial charge >= 0.3 is 0 Å². The second-order valence-corrected chi connectivity index (χ2v) is 6.21. The number of thioether (sulfide) groups is 1. The average molecular weight is 285 g/mol. The van der Waals surface area contributed by atoms with Gasteiger partial charge in [-0.05, 0) is 36.7 Å². The van der Waals surface area contributed by atoms with Crippen LogP contribution < -0.4 is 5.73 Å². The molecule has 0 aliphatic carbocycles. The Kier molecular flexibility index (Phi) is 6.13. The van der Waals surface area contributed by atoms with Crippen molar-refractivity contribution in [3.05, 3.63) is 11.7 Å². The quantitative estimate of drug-likeness (QED) is 0.774. The molecule has 0 spiro atoms. The number of aromatic nitrogens is 2. The fourth-order valence-electron chi connectivity index (χ4n) is 2.13. The third-order valence-corrected chi connectivity index (χ3v) is 4.31. The second kappa shape index (κ2) is 7.87. The Morgan fingerprint density at radius 3 is 3.00 bits per heavy atom. The van der Waals surface area contributed by atoms with E-state index in [0.717, 1.165) is 25.3 Å². The van der Waals surface area contributed by atoms with Gasteiger partial charge < -0.3 is 15.0 Å². The standard InChI is InChI=1S/C13H23N3O2S/c1-2-5-17-9-11(14)13-15-12(18-16-13)8-10-3-6-19-7-4-10/h10-11H,2-9,14H2,1H3. The van der Waals surface area contributed by atoms with Gasteiger partial charge in [-0.2, -0.15) is 16.7 Å². The van der Waals surface area contributed by atoms with Crippen molar-refractivity contribution in [1.29, 1.82) is 0 Å². The summed E-state index contributed by atoms with van der Waals surface area (Å²) in [6.07, 6.45) is 4.36. The van der Waals surface area contributed by atoms with Crippen molar-refractivity contribution in [1.82, 2.24) is 10.1 Å². The molecule has 2 N–H and O–H groups in total. The molecule has 0 aromatic carbocycles. The highest BCUT2D eigenvalue weighted by Gasteiger charge is 2.19. The molecule has 1 aliphatic heterocycles. The lowest BCUT2D eigenvalue weighted by molar-refractivity contribution is 0.119. The zero-order valence-corrected chi connectivity index (χ0v) is 12.3. The Bertz CT molecular complexity index is 367. The van der Waals surface area contributed by atoms with E-state index in [1.807, 2.05) is 11.8 Å². The Hall–Kier alpha value is -0.590. The molecule has 1 aromatic heterocycles. The van der Waals surface area contributed by atoms with Crippen molar-refractivity contribution in [2.24, 2.45) is 11.7 Å². The molecule has 19 heavy (non-hydrogen) atoms. The van der Waals surface area contributed by atoms with Crippen molar-refractivity contribution < 1.29 is 9.26 Å². The molecule has 1 atom stereocenters. The minimum absolute atomic E-state index is 0.286. The first-order valence-electron chi connectivity index (χ1n) is 7.03. The van der Waals surface area contributed by atoms with Gasteiger partial charge in [0.15, 0.2) is 5.82 Å². The van der Waals surface area contributed by atoms with E-state index in [4.69, 9.17) is 15.0 Å². The van der Waals surface area contributed by atoms with Crippen LogP contribution in [0.2, 0.25) is 0 Å². The van der Waals surface area contributed by atoms with Crippen LogP contribution in [-0.4, -0.2) is 34.9 Å². The van der Waals surface area contributed by atoms with Gasteiger partial charge in [0, 0.05) is 13.0 Å². The lowest BCUT2D eigenvalue weighted by Gasteiger charge is -2.19. The van der Waals surface area contributed by atoms with E-state index in [2.05, 4.69) is 17.1 Å². The van der Waals surface area contributed by atoms with Crippen LogP contribution >= 0.6 is 11.8 Å². The zero-order valence-electron chi connectivity index (χ0n) is 11.5. The monoisotopic (exact) mass is 285 g/mol. The molecule has 0 amide bonds. The topological polar surface area (TPSA) is 74.2 Å². The molecule has 5 nitrogen and oxygen atoms in total. The van der Waals surface area contributed by atoms with Crippen LogP contribution in [0.15, 0.2) is 4.52 Å². The lowest BCUT2D eigenvalue weighted by Crippen LogP contribution is -2.19. The number of hydrogen-bond donors (Lipinski definition) is 1. The smallest absolute Gasteiger partial charge is 0.226 e. The van der Waals surface area contributed by atoms with Crippen LogP contribution in [0.1, 0.15) is 43.9 Å². The van der Waals surface area contributed by atoms with E-state index in [-0.39, 0.29) is 6.04 Å². The van der Waals surface area contributed by atoms with Gasteiger partial charge in [0.25, 0.3) is 0 Å². The van der Waals surface area contributed by atoms with Gasteiger partial charge in [-0.3, -0.25) is 0 Å². The van der Waals surface area contributed by atoms with Gasteiger partial charge in [-0.15, -0.1) is 0 Å². The van der Waals surface area contributed by atoms with Crippen LogP contribution in [0.25, 0.3) is 0 Å². The maximum Gasteiger partial charge on any atom is 0.226 e. The molecule has 2 rings (SSSR count). The van der Waals surface area contributed by atoms with Crippen molar-refractivity contribution in [3.63, 3.8) is 0 Å². The summed E-state index contributed by atoms with van der Waals surface area (Å²) in [7, 11) is 0. The molecule has 1 unspecified atom stereocenters. The fraction of sp³-hybridized carbons (Fsp3) is 0.846. The highest BCUT2D eigenvalue weighted by Crippen LogP contribution is 2.25. The molecule has 0 bridgehead atoms. The number of rotatable bonds is 7. The van der Waals surface area contributed by atoms with Crippen LogP contribution in [0.5, 0.6) is 0 Å². The van der Waals surface area contributed by atoms with E-state index in [1.54, 1.807) is 0 Å². The molecular weight excluding hydrogens is 262 g/mol. The second-order valence-electron chi connectivity index (χ2n) is 4.99. The molecule has 108 valence electrons. The highest BCUT2D eigenvalue weighted by molar-refractivity contribution is 7.99. The van der Waals surface area contributed by atoms with Crippen molar-refractivity contribution in [2.75, 3.05) is 24.7 Å². The average Bonchev–Trinajstić information content (AvgIpc) is 2.89. The lowest BCUT2D eigenvalue weighted by atomic mass is 9.99. The Balaban J connectivity index is 1.80. The normalized spacial score (nSPS) is 18.6.